The third kappa shape index (κ3) is 17.4. The summed E-state index contributed by atoms with van der Waals surface area (Å²) in [5.74, 6) is 0.0449. The van der Waals surface area contributed by atoms with E-state index in [4.69, 9.17) is 31.5 Å². The van der Waals surface area contributed by atoms with E-state index in [1.807, 2.05) is 0 Å². The number of hydrogen-bond donors (Lipinski definition) is 4. The molecule has 8 heterocycles. The molecule has 0 spiro atoms. The number of ether oxygens (including phenoxy) is 4. The quantitative estimate of drug-likeness (QED) is 0.0476. The van der Waals surface area contributed by atoms with Crippen molar-refractivity contribution in [1.82, 2.24) is 39.5 Å². The molecular weight excluding hydrogens is 1090 g/mol. The van der Waals surface area contributed by atoms with Crippen LogP contribution in [0.5, 0.6) is 23.0 Å². The van der Waals surface area contributed by atoms with Gasteiger partial charge in [0.25, 0.3) is 0 Å². The van der Waals surface area contributed by atoms with Gasteiger partial charge in [0.2, 0.25) is 11.2 Å². The molecule has 23 heteroatoms. The van der Waals surface area contributed by atoms with Gasteiger partial charge in [0.05, 0.1) is 12.4 Å². The van der Waals surface area contributed by atoms with Crippen molar-refractivity contribution < 1.29 is 45.3 Å². The molecule has 456 valence electrons. The van der Waals surface area contributed by atoms with Crippen LogP contribution in [0.15, 0.2) is 48.8 Å². The van der Waals surface area contributed by atoms with Gasteiger partial charge in [-0.2, -0.15) is 27.5 Å². The lowest BCUT2D eigenvalue weighted by atomic mass is 9.97. The highest BCUT2D eigenvalue weighted by atomic mass is 35.5. The van der Waals surface area contributed by atoms with Crippen molar-refractivity contribution in [3.63, 3.8) is 0 Å². The topological polar surface area (TPSA) is 164 Å². The lowest BCUT2D eigenvalue weighted by molar-refractivity contribution is -0.0531. The van der Waals surface area contributed by atoms with Crippen molar-refractivity contribution in [3.8, 4) is 23.0 Å². The second-order valence-corrected chi connectivity index (χ2v) is 24.3. The fraction of sp³-hybridized carbons (Fsp3) is 0.661. The van der Waals surface area contributed by atoms with E-state index in [0.717, 1.165) is 109 Å². The molecule has 6 aliphatic rings. The summed E-state index contributed by atoms with van der Waals surface area (Å²) in [5.41, 5.74) is 6.92. The molecule has 0 bridgehead atoms. The average Bonchev–Trinajstić information content (AvgIpc) is 3.90. The van der Waals surface area contributed by atoms with Gasteiger partial charge in [-0.1, -0.05) is 7.43 Å². The largest absolute Gasteiger partial charge is 0.486 e. The standard InChI is InChI=1S/C29H41F3N6O2.C15H22F2N2O2.C14H20ClFN4.CH4/c1-18(2)37-12-9-22(10-13-37)39-24-6-5-19(16-25(24)40-27(31)32)35-28-33-17-23(30)26(36-28)34-20-8-14-38-21(15-20)7-11-29(38,3)4;1-10(2)19-7-5-12(6-8-19)20-13-4-3-11(18)9-14(13)21-15(16)17;1-14(2)5-3-10-7-9(4-6-20(10)14)18-12-11(16)8-17-13(15)19-12;/h5-6,16-18,20-22,27H,7-15H2,1-4H3,(H2,33,34,35,36);3-4,9-10,12,15H,5-8,18H2,1-2H3;8-10H,3-7H2,1-2H3,(H,17,18,19);1H4. The van der Waals surface area contributed by atoms with Crippen LogP contribution < -0.4 is 40.6 Å². The summed E-state index contributed by atoms with van der Waals surface area (Å²) in [6, 6.07) is 11.7. The first kappa shape index (κ1) is 64.3. The number of fused-ring (bicyclic) bond motifs is 2. The van der Waals surface area contributed by atoms with Gasteiger partial charge in [0, 0.05) is 110 Å². The first-order chi connectivity index (χ1) is 38.5. The van der Waals surface area contributed by atoms with Crippen molar-refractivity contribution in [2.75, 3.05) is 61.0 Å². The molecule has 0 amide bonds. The SMILES string of the molecule is C.CC(C)N1CCC(Oc2ccc(N)cc2OC(F)F)CC1.CC(C)N1CCC(Oc2ccc(Nc3ncc(F)c(NC4CCN5C(CCC5(C)C)C4)n3)cc2OC(F)F)CC1.CC1(C)CCC2CC(Nc3nc(Cl)ncc3F)CCN21. The zero-order valence-electron chi connectivity index (χ0n) is 48.1. The number of piperidine rings is 4. The molecule has 4 unspecified atom stereocenters. The maximum atomic E-state index is 14.7. The number of benzene rings is 2. The van der Waals surface area contributed by atoms with Gasteiger partial charge >= 0.3 is 13.2 Å². The number of alkyl halides is 4. The molecule has 16 nitrogen and oxygen atoms in total. The van der Waals surface area contributed by atoms with Crippen molar-refractivity contribution in [2.24, 2.45) is 0 Å². The molecule has 0 radical (unpaired) electrons. The normalized spacial score (nSPS) is 23.2. The predicted octanol–water partition coefficient (Wildman–Crippen LogP) is 12.9. The molecule has 4 atom stereocenters. The lowest BCUT2D eigenvalue weighted by Gasteiger charge is -2.42. The minimum atomic E-state index is -3.00. The molecular formula is C59H87ClF6N12O4. The summed E-state index contributed by atoms with van der Waals surface area (Å²) in [5, 5.41) is 9.54. The molecule has 2 aromatic heterocycles. The maximum absolute atomic E-state index is 14.7. The van der Waals surface area contributed by atoms with Crippen molar-refractivity contribution in [1.29, 1.82) is 0 Å². The van der Waals surface area contributed by atoms with E-state index in [2.05, 4.69) is 116 Å². The van der Waals surface area contributed by atoms with E-state index < -0.39 is 24.9 Å². The molecule has 0 aliphatic carbocycles. The van der Waals surface area contributed by atoms with E-state index in [-0.39, 0.29) is 77.4 Å². The summed E-state index contributed by atoms with van der Waals surface area (Å²) in [4.78, 5) is 25.9. The van der Waals surface area contributed by atoms with Crippen LogP contribution in [0.2, 0.25) is 5.28 Å². The summed E-state index contributed by atoms with van der Waals surface area (Å²) in [6.45, 7) is 17.6. The van der Waals surface area contributed by atoms with E-state index in [9.17, 15) is 26.3 Å². The summed E-state index contributed by atoms with van der Waals surface area (Å²) in [7, 11) is 0. The Kier molecular flexibility index (Phi) is 22.4. The Hall–Kier alpha value is -5.29. The number of nitrogens with two attached hydrogens (primary N) is 1. The summed E-state index contributed by atoms with van der Waals surface area (Å²) >= 11 is 5.72. The maximum Gasteiger partial charge on any atom is 0.387 e. The van der Waals surface area contributed by atoms with Crippen LogP contribution in [-0.2, 0) is 0 Å². The highest BCUT2D eigenvalue weighted by molar-refractivity contribution is 6.28. The number of nitrogens with zero attached hydrogens (tertiary/aromatic N) is 8. The van der Waals surface area contributed by atoms with Gasteiger partial charge in [0.15, 0.2) is 46.3 Å². The molecule has 82 heavy (non-hydrogen) atoms. The molecule has 6 saturated heterocycles. The molecule has 4 aromatic rings. The summed E-state index contributed by atoms with van der Waals surface area (Å²) in [6.07, 6.45) is 14.2. The van der Waals surface area contributed by atoms with Crippen LogP contribution in [-0.4, -0.2) is 152 Å². The van der Waals surface area contributed by atoms with Gasteiger partial charge in [-0.3, -0.25) is 9.80 Å². The third-order valence-electron chi connectivity index (χ3n) is 16.9. The van der Waals surface area contributed by atoms with Gasteiger partial charge in [0.1, 0.15) is 12.2 Å². The van der Waals surface area contributed by atoms with Crippen LogP contribution in [0, 0.1) is 11.6 Å². The zero-order valence-corrected chi connectivity index (χ0v) is 48.8. The van der Waals surface area contributed by atoms with Gasteiger partial charge in [-0.25, -0.2) is 18.7 Å². The Morgan fingerprint density at radius 2 is 1.05 bits per heavy atom. The second-order valence-electron chi connectivity index (χ2n) is 24.0. The molecule has 6 fully saturated rings. The number of halogens is 7. The second kappa shape index (κ2) is 28.5. The van der Waals surface area contributed by atoms with Crippen molar-refractivity contribution in [2.45, 2.75) is 213 Å². The lowest BCUT2D eigenvalue weighted by Crippen LogP contribution is -2.50. The Balaban J connectivity index is 0.000000194. The summed E-state index contributed by atoms with van der Waals surface area (Å²) < 4.78 is 101. The highest BCUT2D eigenvalue weighted by Gasteiger charge is 2.44. The zero-order chi connectivity index (χ0) is 58.2. The Morgan fingerprint density at radius 1 is 0.598 bits per heavy atom. The number of hydrogen-bond acceptors (Lipinski definition) is 16. The highest BCUT2D eigenvalue weighted by Crippen LogP contribution is 2.41. The monoisotopic (exact) mass is 1180 g/mol. The molecule has 5 N–H and O–H groups in total. The molecule has 6 aliphatic heterocycles. The predicted molar refractivity (Wildman–Crippen MR) is 311 cm³/mol. The van der Waals surface area contributed by atoms with Crippen LogP contribution in [0.3, 0.4) is 0 Å². The van der Waals surface area contributed by atoms with Crippen LogP contribution in [0.4, 0.5) is 55.3 Å². The minimum absolute atomic E-state index is 0. The van der Waals surface area contributed by atoms with E-state index >= 15 is 0 Å². The first-order valence-corrected chi connectivity index (χ1v) is 29.1. The molecule has 0 saturated carbocycles. The van der Waals surface area contributed by atoms with Crippen LogP contribution >= 0.6 is 11.6 Å². The van der Waals surface area contributed by atoms with Crippen molar-refractivity contribution >= 4 is 40.6 Å². The van der Waals surface area contributed by atoms with Crippen LogP contribution in [0.25, 0.3) is 0 Å². The van der Waals surface area contributed by atoms with Gasteiger partial charge < -0.3 is 50.4 Å². The van der Waals surface area contributed by atoms with E-state index in [0.29, 0.717) is 46.8 Å². The third-order valence-corrected chi connectivity index (χ3v) is 17.1. The Morgan fingerprint density at radius 3 is 1.52 bits per heavy atom. The number of rotatable bonds is 16. The van der Waals surface area contributed by atoms with Gasteiger partial charge in [-0.05, 0) is 168 Å². The average molecular weight is 1180 g/mol. The minimum Gasteiger partial charge on any atom is -0.486 e. The van der Waals surface area contributed by atoms with E-state index in [1.165, 1.54) is 31.4 Å². The van der Waals surface area contributed by atoms with Crippen molar-refractivity contribution in [3.05, 3.63) is 65.7 Å². The fourth-order valence-corrected chi connectivity index (χ4v) is 12.5. The first-order valence-electron chi connectivity index (χ1n) is 28.8. The number of nitrogen functional groups attached to an aromatic ring is 1. The number of likely N-dealkylation sites (tertiary alicyclic amines) is 2. The fourth-order valence-electron chi connectivity index (χ4n) is 12.4. The van der Waals surface area contributed by atoms with Gasteiger partial charge in [-0.15, -0.1) is 0 Å². The number of aromatic nitrogens is 4. The molecule has 2 aromatic carbocycles. The number of nitrogens with one attached hydrogen (secondary N) is 3. The Labute approximate surface area is 485 Å². The van der Waals surface area contributed by atoms with E-state index in [1.54, 1.807) is 24.3 Å². The Bertz CT molecular complexity index is 2670. The smallest absolute Gasteiger partial charge is 0.387 e. The van der Waals surface area contributed by atoms with Crippen LogP contribution in [0.1, 0.15) is 140 Å². The number of anilines is 5. The molecule has 10 rings (SSSR count).